The number of hydrogen-bond donors (Lipinski definition) is 1. The number of rotatable bonds is 1. The second-order valence-corrected chi connectivity index (χ2v) is 2.40. The zero-order valence-electron chi connectivity index (χ0n) is 6.60. The summed E-state index contributed by atoms with van der Waals surface area (Å²) in [6, 6.07) is 3.56. The fraction of sp³-hybridized carbons (Fsp3) is 0.143. The first-order valence-electron chi connectivity index (χ1n) is 3.28. The zero-order valence-corrected chi connectivity index (χ0v) is 7.41. The van der Waals surface area contributed by atoms with Gasteiger partial charge in [0.2, 0.25) is 0 Å². The van der Waals surface area contributed by atoms with Crippen LogP contribution in [0.5, 0.6) is 0 Å². The molecule has 0 aliphatic carbocycles. The molecule has 0 amide bonds. The van der Waals surface area contributed by atoms with E-state index in [9.17, 15) is 0 Å². The second-order valence-electron chi connectivity index (χ2n) is 2.05. The minimum Gasteiger partial charge on any atom is -0.473 e. The Hall–Kier alpha value is -1.20. The Morgan fingerprint density at radius 1 is 1.75 bits per heavy atom. The van der Waals surface area contributed by atoms with Crippen LogP contribution in [-0.4, -0.2) is 17.3 Å². The number of hydrazine groups is 1. The first-order chi connectivity index (χ1) is 5.75. The maximum Gasteiger partial charge on any atom is 0.278 e. The maximum absolute atomic E-state index is 5.58. The molecule has 0 aliphatic rings. The van der Waals surface area contributed by atoms with Crippen LogP contribution in [0, 0.1) is 0 Å². The average Bonchev–Trinajstić information content (AvgIpc) is 2.17. The van der Waals surface area contributed by atoms with Gasteiger partial charge in [0.05, 0.1) is 19.0 Å². The van der Waals surface area contributed by atoms with Crippen LogP contribution in [0.15, 0.2) is 24.5 Å². The molecule has 0 aliphatic heterocycles. The Morgan fingerprint density at radius 2 is 2.50 bits per heavy atom. The van der Waals surface area contributed by atoms with E-state index in [0.717, 1.165) is 0 Å². The van der Waals surface area contributed by atoms with Crippen LogP contribution >= 0.6 is 12.2 Å². The zero-order chi connectivity index (χ0) is 8.97. The van der Waals surface area contributed by atoms with Crippen LogP contribution in [0.25, 0.3) is 0 Å². The summed E-state index contributed by atoms with van der Waals surface area (Å²) in [5.74, 6) is 5.58. The van der Waals surface area contributed by atoms with Crippen molar-refractivity contribution in [3.63, 3.8) is 0 Å². The number of anilines is 1. The standard InChI is InChI=1S/C7H9N3OS/c1-11-7(12)10(8)6-3-2-4-9-5-6/h2-5H,8H2,1H3. The van der Waals surface area contributed by atoms with E-state index in [1.807, 2.05) is 0 Å². The van der Waals surface area contributed by atoms with Gasteiger partial charge in [0.1, 0.15) is 0 Å². The minimum absolute atomic E-state index is 0.211. The lowest BCUT2D eigenvalue weighted by atomic mass is 10.4. The number of hydrogen-bond acceptors (Lipinski definition) is 4. The summed E-state index contributed by atoms with van der Waals surface area (Å²) in [5, 5.41) is 1.46. The molecule has 1 rings (SSSR count). The van der Waals surface area contributed by atoms with Gasteiger partial charge in [0, 0.05) is 6.20 Å². The Labute approximate surface area is 75.9 Å². The predicted molar refractivity (Wildman–Crippen MR) is 50.5 cm³/mol. The number of ether oxygens (including phenoxy) is 1. The van der Waals surface area contributed by atoms with Crippen molar-refractivity contribution in [1.82, 2.24) is 4.98 Å². The fourth-order valence-corrected chi connectivity index (χ4v) is 0.805. The van der Waals surface area contributed by atoms with Gasteiger partial charge >= 0.3 is 0 Å². The first-order valence-corrected chi connectivity index (χ1v) is 3.69. The van der Waals surface area contributed by atoms with Crippen molar-refractivity contribution < 1.29 is 4.74 Å². The van der Waals surface area contributed by atoms with Crippen molar-refractivity contribution in [2.45, 2.75) is 0 Å². The molecule has 0 fully saturated rings. The molecule has 0 unspecified atom stereocenters. The lowest BCUT2D eigenvalue weighted by molar-refractivity contribution is 0.403. The normalized spacial score (nSPS) is 9.17. The monoisotopic (exact) mass is 183 g/mol. The predicted octanol–water partition coefficient (Wildman–Crippen LogP) is 0.693. The van der Waals surface area contributed by atoms with E-state index in [4.69, 9.17) is 22.8 Å². The van der Waals surface area contributed by atoms with E-state index in [0.29, 0.717) is 5.69 Å². The third-order valence-electron chi connectivity index (χ3n) is 1.30. The van der Waals surface area contributed by atoms with E-state index in [1.54, 1.807) is 24.5 Å². The van der Waals surface area contributed by atoms with E-state index in [-0.39, 0.29) is 5.17 Å². The summed E-state index contributed by atoms with van der Waals surface area (Å²) in [6.07, 6.45) is 3.26. The lowest BCUT2D eigenvalue weighted by Gasteiger charge is -2.16. The van der Waals surface area contributed by atoms with Gasteiger partial charge in [-0.1, -0.05) is 0 Å². The van der Waals surface area contributed by atoms with Crippen molar-refractivity contribution in [1.29, 1.82) is 0 Å². The minimum atomic E-state index is 0.211. The first kappa shape index (κ1) is 8.89. The number of aromatic nitrogens is 1. The Balaban J connectivity index is 2.78. The highest BCUT2D eigenvalue weighted by atomic mass is 32.1. The van der Waals surface area contributed by atoms with Crippen LogP contribution in [0.4, 0.5) is 5.69 Å². The number of nitrogens with zero attached hydrogens (tertiary/aromatic N) is 2. The smallest absolute Gasteiger partial charge is 0.278 e. The van der Waals surface area contributed by atoms with Crippen molar-refractivity contribution >= 4 is 23.1 Å². The molecule has 64 valence electrons. The van der Waals surface area contributed by atoms with Crippen LogP contribution in [0.1, 0.15) is 0 Å². The molecule has 0 atom stereocenters. The number of nitrogens with two attached hydrogens (primary N) is 1. The van der Waals surface area contributed by atoms with Gasteiger partial charge in [-0.25, -0.2) is 10.9 Å². The third-order valence-corrected chi connectivity index (χ3v) is 1.66. The highest BCUT2D eigenvalue weighted by molar-refractivity contribution is 7.80. The van der Waals surface area contributed by atoms with Gasteiger partial charge in [-0.15, -0.1) is 0 Å². The van der Waals surface area contributed by atoms with Crippen molar-refractivity contribution in [2.75, 3.05) is 12.1 Å². The summed E-state index contributed by atoms with van der Waals surface area (Å²) in [7, 11) is 1.47. The average molecular weight is 183 g/mol. The van der Waals surface area contributed by atoms with Gasteiger partial charge in [0.15, 0.2) is 0 Å². The molecule has 0 spiro atoms. The van der Waals surface area contributed by atoms with Gasteiger partial charge in [-0.2, -0.15) is 0 Å². The topological polar surface area (TPSA) is 51.4 Å². The van der Waals surface area contributed by atoms with Gasteiger partial charge in [-0.05, 0) is 24.4 Å². The van der Waals surface area contributed by atoms with Crippen LogP contribution in [0.3, 0.4) is 0 Å². The number of methoxy groups -OCH3 is 1. The van der Waals surface area contributed by atoms with Gasteiger partial charge in [0.25, 0.3) is 5.17 Å². The largest absolute Gasteiger partial charge is 0.473 e. The van der Waals surface area contributed by atoms with Crippen molar-refractivity contribution in [2.24, 2.45) is 5.84 Å². The lowest BCUT2D eigenvalue weighted by Crippen LogP contribution is -2.37. The summed E-state index contributed by atoms with van der Waals surface area (Å²) in [4.78, 5) is 3.89. The molecule has 1 heterocycles. The number of pyridine rings is 1. The summed E-state index contributed by atoms with van der Waals surface area (Å²) in [5.41, 5.74) is 0.698. The van der Waals surface area contributed by atoms with Gasteiger partial charge in [-0.3, -0.25) is 4.98 Å². The van der Waals surface area contributed by atoms with E-state index in [2.05, 4.69) is 4.98 Å². The molecule has 12 heavy (non-hydrogen) atoms. The van der Waals surface area contributed by atoms with E-state index >= 15 is 0 Å². The van der Waals surface area contributed by atoms with Crippen LogP contribution < -0.4 is 10.9 Å². The SMILES string of the molecule is COC(=S)N(N)c1cccnc1. The van der Waals surface area contributed by atoms with Crippen LogP contribution in [0.2, 0.25) is 0 Å². The highest BCUT2D eigenvalue weighted by Crippen LogP contribution is 2.07. The molecular formula is C7H9N3OS. The highest BCUT2D eigenvalue weighted by Gasteiger charge is 2.05. The second kappa shape index (κ2) is 3.99. The third kappa shape index (κ3) is 1.90. The van der Waals surface area contributed by atoms with Crippen molar-refractivity contribution in [3.8, 4) is 0 Å². The van der Waals surface area contributed by atoms with Crippen LogP contribution in [-0.2, 0) is 4.74 Å². The summed E-state index contributed by atoms with van der Waals surface area (Å²) in [6.45, 7) is 0. The quantitative estimate of drug-likeness (QED) is 0.394. The molecule has 4 nitrogen and oxygen atoms in total. The Kier molecular flexibility index (Phi) is 2.95. The molecule has 1 aromatic heterocycles. The summed E-state index contributed by atoms with van der Waals surface area (Å²) >= 11 is 4.81. The Bertz CT molecular complexity index is 265. The molecule has 0 saturated carbocycles. The molecule has 0 radical (unpaired) electrons. The summed E-state index contributed by atoms with van der Waals surface area (Å²) < 4.78 is 4.77. The molecule has 0 bridgehead atoms. The molecule has 0 aromatic carbocycles. The van der Waals surface area contributed by atoms with Gasteiger partial charge < -0.3 is 4.74 Å². The van der Waals surface area contributed by atoms with E-state index in [1.165, 1.54) is 12.1 Å². The van der Waals surface area contributed by atoms with E-state index < -0.39 is 0 Å². The maximum atomic E-state index is 5.58. The Morgan fingerprint density at radius 3 is 3.00 bits per heavy atom. The number of thiocarbonyl (C=S) groups is 1. The molecular weight excluding hydrogens is 174 g/mol. The molecule has 5 heteroatoms. The molecule has 2 N–H and O–H groups in total. The molecule has 1 aromatic rings. The fourth-order valence-electron chi connectivity index (χ4n) is 0.700. The molecule has 0 saturated heterocycles. The van der Waals surface area contributed by atoms with Crippen molar-refractivity contribution in [3.05, 3.63) is 24.5 Å².